The molecule has 32 heavy (non-hydrogen) atoms. The molecular weight excluding hydrogens is 431 g/mol. The van der Waals surface area contributed by atoms with Gasteiger partial charge in [0.05, 0.1) is 22.9 Å². The fraction of sp³-hybridized carbons (Fsp3) is 0.409. The van der Waals surface area contributed by atoms with Gasteiger partial charge in [-0.3, -0.25) is 9.89 Å². The molecule has 4 atom stereocenters. The van der Waals surface area contributed by atoms with Gasteiger partial charge in [0.2, 0.25) is 0 Å². The number of rotatable bonds is 4. The van der Waals surface area contributed by atoms with Crippen molar-refractivity contribution in [3.63, 3.8) is 0 Å². The van der Waals surface area contributed by atoms with Crippen LogP contribution < -0.4 is 5.32 Å². The van der Waals surface area contributed by atoms with E-state index in [9.17, 15) is 14.3 Å². The maximum absolute atomic E-state index is 13.8. The van der Waals surface area contributed by atoms with Crippen LogP contribution in [0.1, 0.15) is 32.1 Å². The predicted molar refractivity (Wildman–Crippen MR) is 119 cm³/mol. The van der Waals surface area contributed by atoms with Crippen molar-refractivity contribution in [3.05, 3.63) is 29.5 Å². The lowest BCUT2D eigenvalue weighted by Gasteiger charge is -2.44. The highest BCUT2D eigenvalue weighted by Crippen LogP contribution is 2.44. The molecule has 10 heteroatoms. The molecule has 2 aliphatic rings. The number of nitrogens with one attached hydrogen (secondary N) is 2. The number of hydrogen-bond donors (Lipinski definition) is 3. The van der Waals surface area contributed by atoms with Crippen LogP contribution in [0, 0.1) is 23.6 Å². The zero-order chi connectivity index (χ0) is 21.8. The summed E-state index contributed by atoms with van der Waals surface area (Å²) in [7, 11) is 0. The number of halogens is 1. The van der Waals surface area contributed by atoms with Crippen LogP contribution in [0.3, 0.4) is 0 Å². The summed E-state index contributed by atoms with van der Waals surface area (Å²) in [5, 5.41) is 23.8. The molecule has 8 nitrogen and oxygen atoms in total. The number of carbonyl (C=O) groups is 1. The number of carboxylic acid groups (broad SMARTS) is 1. The van der Waals surface area contributed by atoms with E-state index in [1.807, 2.05) is 11.4 Å². The van der Waals surface area contributed by atoms with Gasteiger partial charge in [-0.15, -0.1) is 11.3 Å². The lowest BCUT2D eigenvalue weighted by molar-refractivity contribution is -0.145. The average molecular weight is 453 g/mol. The molecule has 2 bridgehead atoms. The largest absolute Gasteiger partial charge is 0.481 e. The minimum Gasteiger partial charge on any atom is -0.481 e. The highest BCUT2D eigenvalue weighted by atomic mass is 32.1. The number of carboxylic acids is 1. The van der Waals surface area contributed by atoms with Crippen LogP contribution in [0.2, 0.25) is 0 Å². The Balaban J connectivity index is 1.44. The van der Waals surface area contributed by atoms with Gasteiger partial charge in [-0.2, -0.15) is 5.10 Å². The summed E-state index contributed by atoms with van der Waals surface area (Å²) in [5.74, 6) is 0.124. The molecule has 4 aromatic heterocycles. The van der Waals surface area contributed by atoms with E-state index in [4.69, 9.17) is 4.98 Å². The second-order valence-corrected chi connectivity index (χ2v) is 9.70. The van der Waals surface area contributed by atoms with Crippen LogP contribution in [0.25, 0.3) is 32.8 Å². The summed E-state index contributed by atoms with van der Waals surface area (Å²) in [5.41, 5.74) is 0.874. The van der Waals surface area contributed by atoms with Crippen molar-refractivity contribution < 1.29 is 14.3 Å². The van der Waals surface area contributed by atoms with Gasteiger partial charge < -0.3 is 10.4 Å². The van der Waals surface area contributed by atoms with Gasteiger partial charge in [0, 0.05) is 6.04 Å². The molecule has 6 rings (SSSR count). The van der Waals surface area contributed by atoms with E-state index < -0.39 is 17.7 Å². The van der Waals surface area contributed by atoms with Crippen molar-refractivity contribution in [2.75, 3.05) is 5.32 Å². The summed E-state index contributed by atoms with van der Waals surface area (Å²) in [4.78, 5) is 26.3. The Hall–Kier alpha value is -3.14. The molecule has 0 amide bonds. The van der Waals surface area contributed by atoms with Gasteiger partial charge in [0.1, 0.15) is 22.2 Å². The van der Waals surface area contributed by atoms with Gasteiger partial charge in [0.25, 0.3) is 0 Å². The number of aliphatic carboxylic acids is 1. The number of pyridine rings is 1. The molecule has 0 aromatic carbocycles. The molecular formula is C22H21FN6O2S. The smallest absolute Gasteiger partial charge is 0.308 e. The van der Waals surface area contributed by atoms with Crippen molar-refractivity contribution in [1.29, 1.82) is 0 Å². The third-order valence-corrected chi connectivity index (χ3v) is 7.70. The zero-order valence-corrected chi connectivity index (χ0v) is 17.9. The van der Waals surface area contributed by atoms with Crippen molar-refractivity contribution in [2.45, 2.75) is 38.1 Å². The SMILES string of the molecule is O=C(O)[C@H]1CC2CCCC(C2)[C@@H]1Nc1nc(-c2[nH]nc3ncc(F)cc23)nc2sccc12. The molecule has 2 unspecified atom stereocenters. The normalized spacial score (nSPS) is 25.3. The summed E-state index contributed by atoms with van der Waals surface area (Å²) >= 11 is 1.48. The molecule has 3 N–H and O–H groups in total. The third-order valence-electron chi connectivity index (χ3n) is 6.90. The molecule has 2 saturated carbocycles. The Bertz CT molecular complexity index is 1340. The standard InChI is InChI=1S/C22H21FN6O2S/c23-12-8-14-17(28-29-18(14)24-9-12)20-26-19(13-4-5-32-21(13)27-20)25-16-11-3-1-2-10(6-11)7-15(16)22(30)31/h4-5,8-11,15-16H,1-3,6-7H2,(H,30,31)(H,24,28,29)(H,25,26,27)/t10?,11?,15-,16-/m0/s1. The van der Waals surface area contributed by atoms with E-state index in [0.29, 0.717) is 46.6 Å². The van der Waals surface area contributed by atoms with Crippen LogP contribution >= 0.6 is 11.3 Å². The Kier molecular flexibility index (Phi) is 4.56. The molecule has 0 radical (unpaired) electrons. The van der Waals surface area contributed by atoms with E-state index >= 15 is 0 Å². The number of H-pyrrole nitrogens is 1. The first-order chi connectivity index (χ1) is 15.6. The summed E-state index contributed by atoms with van der Waals surface area (Å²) in [6, 6.07) is 3.12. The van der Waals surface area contributed by atoms with Crippen LogP contribution in [-0.4, -0.2) is 42.3 Å². The topological polar surface area (TPSA) is 117 Å². The summed E-state index contributed by atoms with van der Waals surface area (Å²) in [6.45, 7) is 0. The second kappa shape index (κ2) is 7.47. The summed E-state index contributed by atoms with van der Waals surface area (Å²) < 4.78 is 13.8. The monoisotopic (exact) mass is 452 g/mol. The fourth-order valence-electron chi connectivity index (χ4n) is 5.46. The van der Waals surface area contributed by atoms with Crippen molar-refractivity contribution in [1.82, 2.24) is 25.1 Å². The molecule has 2 aliphatic carbocycles. The van der Waals surface area contributed by atoms with Crippen LogP contribution in [0.15, 0.2) is 23.7 Å². The molecule has 0 aliphatic heterocycles. The van der Waals surface area contributed by atoms with Gasteiger partial charge in [-0.25, -0.2) is 19.3 Å². The minimum absolute atomic E-state index is 0.187. The predicted octanol–water partition coefficient (Wildman–Crippen LogP) is 4.46. The molecule has 4 heterocycles. The highest BCUT2D eigenvalue weighted by Gasteiger charge is 2.43. The van der Waals surface area contributed by atoms with Gasteiger partial charge in [-0.1, -0.05) is 12.8 Å². The first kappa shape index (κ1) is 19.5. The maximum Gasteiger partial charge on any atom is 0.308 e. The first-order valence-corrected chi connectivity index (χ1v) is 11.7. The lowest BCUT2D eigenvalue weighted by Crippen LogP contribution is -2.47. The Labute approximate surface area is 186 Å². The Morgan fingerprint density at radius 1 is 1.25 bits per heavy atom. The number of hydrogen-bond acceptors (Lipinski definition) is 7. The van der Waals surface area contributed by atoms with Gasteiger partial charge in [-0.05, 0) is 48.6 Å². The van der Waals surface area contributed by atoms with E-state index in [1.54, 1.807) is 0 Å². The third kappa shape index (κ3) is 3.21. The second-order valence-electron chi connectivity index (χ2n) is 8.80. The highest BCUT2D eigenvalue weighted by molar-refractivity contribution is 7.16. The quantitative estimate of drug-likeness (QED) is 0.418. The van der Waals surface area contributed by atoms with Crippen LogP contribution in [0.5, 0.6) is 0 Å². The Morgan fingerprint density at radius 3 is 3.03 bits per heavy atom. The lowest BCUT2D eigenvalue weighted by atomic mass is 9.65. The molecule has 164 valence electrons. The summed E-state index contributed by atoms with van der Waals surface area (Å²) in [6.07, 6.45) is 6.17. The first-order valence-electron chi connectivity index (χ1n) is 10.8. The zero-order valence-electron chi connectivity index (χ0n) is 17.1. The molecule has 2 fully saturated rings. The van der Waals surface area contributed by atoms with E-state index in [2.05, 4.69) is 25.5 Å². The van der Waals surface area contributed by atoms with Crippen molar-refractivity contribution in [3.8, 4) is 11.5 Å². The van der Waals surface area contributed by atoms with Gasteiger partial charge >= 0.3 is 5.97 Å². The Morgan fingerprint density at radius 2 is 2.16 bits per heavy atom. The number of aromatic nitrogens is 5. The number of aromatic amines is 1. The van der Waals surface area contributed by atoms with Crippen LogP contribution in [-0.2, 0) is 4.79 Å². The van der Waals surface area contributed by atoms with Crippen molar-refractivity contribution in [2.24, 2.45) is 17.8 Å². The minimum atomic E-state index is -0.754. The number of anilines is 1. The fourth-order valence-corrected chi connectivity index (χ4v) is 6.22. The average Bonchev–Trinajstić information content (AvgIpc) is 3.42. The molecule has 0 saturated heterocycles. The maximum atomic E-state index is 13.8. The molecule has 0 spiro atoms. The van der Waals surface area contributed by atoms with E-state index in [1.165, 1.54) is 17.4 Å². The number of nitrogens with zero attached hydrogens (tertiary/aromatic N) is 4. The van der Waals surface area contributed by atoms with E-state index in [-0.39, 0.29) is 6.04 Å². The van der Waals surface area contributed by atoms with Gasteiger partial charge in [0.15, 0.2) is 11.5 Å². The number of thiophene rings is 1. The van der Waals surface area contributed by atoms with Crippen LogP contribution in [0.4, 0.5) is 10.2 Å². The van der Waals surface area contributed by atoms with Crippen molar-refractivity contribution >= 4 is 44.4 Å². The number of fused-ring (bicyclic) bond motifs is 4. The van der Waals surface area contributed by atoms with E-state index in [0.717, 1.165) is 42.1 Å². The molecule has 4 aromatic rings.